The summed E-state index contributed by atoms with van der Waals surface area (Å²) in [6, 6.07) is 23.7. The molecule has 0 spiro atoms. The van der Waals surface area contributed by atoms with Gasteiger partial charge in [-0.3, -0.25) is 14.8 Å². The van der Waals surface area contributed by atoms with Crippen molar-refractivity contribution >= 4 is 10.9 Å². The van der Waals surface area contributed by atoms with Crippen LogP contribution in [0.25, 0.3) is 10.9 Å². The fourth-order valence-corrected chi connectivity index (χ4v) is 5.33. The first kappa shape index (κ1) is 21.4. The molecule has 0 amide bonds. The molecule has 1 saturated carbocycles. The predicted molar refractivity (Wildman–Crippen MR) is 132 cm³/mol. The molecule has 0 bridgehead atoms. The minimum atomic E-state index is -0.0790. The average molecular weight is 454 g/mol. The number of fused-ring (bicyclic) bond motifs is 1. The van der Waals surface area contributed by atoms with Gasteiger partial charge in [0.1, 0.15) is 6.04 Å². The Morgan fingerprint density at radius 1 is 0.824 bits per heavy atom. The third-order valence-electron chi connectivity index (χ3n) is 7.40. The van der Waals surface area contributed by atoms with Crippen molar-refractivity contribution in [1.82, 2.24) is 35.0 Å². The Hall–Kier alpha value is -3.16. The van der Waals surface area contributed by atoms with Crippen molar-refractivity contribution in [3.63, 3.8) is 0 Å². The van der Waals surface area contributed by atoms with Crippen molar-refractivity contribution in [2.75, 3.05) is 26.2 Å². The SMILES string of the molecule is c1ccc(Cn2nnnc2C(c2ccc3ccccc3n2)N2CCCN(C3CCC3)CC2)cc1. The lowest BCUT2D eigenvalue weighted by atomic mass is 9.91. The van der Waals surface area contributed by atoms with Crippen molar-refractivity contribution in [1.29, 1.82) is 0 Å². The Kier molecular flexibility index (Phi) is 6.04. The summed E-state index contributed by atoms with van der Waals surface area (Å²) in [4.78, 5) is 10.3. The maximum Gasteiger partial charge on any atom is 0.174 e. The number of aromatic nitrogens is 5. The summed E-state index contributed by atoms with van der Waals surface area (Å²) in [7, 11) is 0. The van der Waals surface area contributed by atoms with Crippen molar-refractivity contribution < 1.29 is 0 Å². The number of tetrazole rings is 1. The van der Waals surface area contributed by atoms with Gasteiger partial charge < -0.3 is 0 Å². The molecule has 2 aromatic heterocycles. The molecule has 4 aromatic rings. The van der Waals surface area contributed by atoms with Gasteiger partial charge in [-0.1, -0.05) is 61.0 Å². The highest BCUT2D eigenvalue weighted by Crippen LogP contribution is 2.31. The van der Waals surface area contributed by atoms with Gasteiger partial charge in [-0.25, -0.2) is 4.68 Å². The maximum absolute atomic E-state index is 5.10. The van der Waals surface area contributed by atoms with Crippen LogP contribution in [0.4, 0.5) is 0 Å². The minimum Gasteiger partial charge on any atom is -0.299 e. The number of nitrogens with zero attached hydrogens (tertiary/aromatic N) is 7. The lowest BCUT2D eigenvalue weighted by Gasteiger charge is -2.37. The summed E-state index contributed by atoms with van der Waals surface area (Å²) in [5.41, 5.74) is 3.21. The van der Waals surface area contributed by atoms with Gasteiger partial charge >= 0.3 is 0 Å². The molecule has 7 heteroatoms. The van der Waals surface area contributed by atoms with Gasteiger partial charge in [-0.15, -0.1) is 5.10 Å². The van der Waals surface area contributed by atoms with E-state index in [2.05, 4.69) is 86.0 Å². The average Bonchev–Trinajstić information content (AvgIpc) is 3.15. The first-order chi connectivity index (χ1) is 16.8. The molecule has 6 rings (SSSR count). The molecule has 1 atom stereocenters. The maximum atomic E-state index is 5.10. The molecule has 34 heavy (non-hydrogen) atoms. The third kappa shape index (κ3) is 4.33. The molecule has 174 valence electrons. The van der Waals surface area contributed by atoms with Gasteiger partial charge in [0.2, 0.25) is 0 Å². The Morgan fingerprint density at radius 3 is 2.53 bits per heavy atom. The molecule has 7 nitrogen and oxygen atoms in total. The molecular weight excluding hydrogens is 422 g/mol. The van der Waals surface area contributed by atoms with Crippen LogP contribution in [0.2, 0.25) is 0 Å². The van der Waals surface area contributed by atoms with Crippen molar-refractivity contribution in [2.45, 2.75) is 44.3 Å². The highest BCUT2D eigenvalue weighted by molar-refractivity contribution is 5.78. The van der Waals surface area contributed by atoms with E-state index in [1.165, 1.54) is 31.4 Å². The number of hydrogen-bond acceptors (Lipinski definition) is 6. The molecule has 0 radical (unpaired) electrons. The topological polar surface area (TPSA) is 63.0 Å². The van der Waals surface area contributed by atoms with Gasteiger partial charge in [0.05, 0.1) is 17.8 Å². The zero-order chi connectivity index (χ0) is 22.7. The number of pyridine rings is 1. The number of rotatable bonds is 6. The van der Waals surface area contributed by atoms with Crippen LogP contribution in [0, 0.1) is 0 Å². The monoisotopic (exact) mass is 453 g/mol. The van der Waals surface area contributed by atoms with Gasteiger partial charge in [-0.2, -0.15) is 0 Å². The quantitative estimate of drug-likeness (QED) is 0.441. The molecule has 0 N–H and O–H groups in total. The standard InChI is InChI=1S/C27H31N7/c1-2-8-21(9-3-1)20-34-27(29-30-31-34)26(25-15-14-22-10-4-5-13-24(22)28-25)33-17-7-16-32(18-19-33)23-11-6-12-23/h1-5,8-10,13-15,23,26H,6-7,11-12,16-20H2. The molecule has 2 aromatic carbocycles. The zero-order valence-electron chi connectivity index (χ0n) is 19.5. The Bertz CT molecular complexity index is 1230. The molecule has 3 heterocycles. The van der Waals surface area contributed by atoms with Crippen molar-refractivity contribution in [3.05, 3.63) is 83.8 Å². The number of benzene rings is 2. The van der Waals surface area contributed by atoms with Crippen LogP contribution in [0.1, 0.15) is 48.8 Å². The minimum absolute atomic E-state index is 0.0790. The molecule has 1 saturated heterocycles. The normalized spacial score (nSPS) is 19.1. The van der Waals surface area contributed by atoms with E-state index in [4.69, 9.17) is 4.98 Å². The summed E-state index contributed by atoms with van der Waals surface area (Å²) in [5, 5.41) is 14.2. The summed E-state index contributed by atoms with van der Waals surface area (Å²) >= 11 is 0. The van der Waals surface area contributed by atoms with Crippen molar-refractivity contribution in [3.8, 4) is 0 Å². The Balaban J connectivity index is 1.36. The third-order valence-corrected chi connectivity index (χ3v) is 7.40. The number of para-hydroxylation sites is 1. The fraction of sp³-hybridized carbons (Fsp3) is 0.407. The fourth-order valence-electron chi connectivity index (χ4n) is 5.33. The predicted octanol–water partition coefficient (Wildman–Crippen LogP) is 3.92. The second-order valence-corrected chi connectivity index (χ2v) is 9.52. The van der Waals surface area contributed by atoms with Crippen LogP contribution >= 0.6 is 0 Å². The van der Waals surface area contributed by atoms with E-state index >= 15 is 0 Å². The van der Waals surface area contributed by atoms with Crippen LogP contribution in [0.5, 0.6) is 0 Å². The van der Waals surface area contributed by atoms with E-state index in [1.54, 1.807) is 0 Å². The molecule has 2 fully saturated rings. The molecular formula is C27H31N7. The molecule has 1 aliphatic carbocycles. The van der Waals surface area contributed by atoms with E-state index in [-0.39, 0.29) is 6.04 Å². The van der Waals surface area contributed by atoms with Gasteiger partial charge in [0, 0.05) is 31.1 Å². The van der Waals surface area contributed by atoms with E-state index in [0.717, 1.165) is 54.5 Å². The molecule has 1 unspecified atom stereocenters. The van der Waals surface area contributed by atoms with Crippen LogP contribution in [0.3, 0.4) is 0 Å². The summed E-state index contributed by atoms with van der Waals surface area (Å²) in [5.74, 6) is 0.865. The van der Waals surface area contributed by atoms with Crippen LogP contribution in [0.15, 0.2) is 66.7 Å². The highest BCUT2D eigenvalue weighted by Gasteiger charge is 2.33. The number of hydrogen-bond donors (Lipinski definition) is 0. The van der Waals surface area contributed by atoms with Gasteiger partial charge in [-0.05, 0) is 53.9 Å². The Labute approximate surface area is 200 Å². The second kappa shape index (κ2) is 9.60. The van der Waals surface area contributed by atoms with E-state index in [9.17, 15) is 0 Å². The second-order valence-electron chi connectivity index (χ2n) is 9.52. The summed E-state index contributed by atoms with van der Waals surface area (Å²) in [6.45, 7) is 4.92. The largest absolute Gasteiger partial charge is 0.299 e. The van der Waals surface area contributed by atoms with Gasteiger partial charge in [0.25, 0.3) is 0 Å². The summed E-state index contributed by atoms with van der Waals surface area (Å²) < 4.78 is 1.95. The smallest absolute Gasteiger partial charge is 0.174 e. The molecule has 1 aliphatic heterocycles. The van der Waals surface area contributed by atoms with E-state index in [1.807, 2.05) is 10.7 Å². The van der Waals surface area contributed by atoms with Crippen LogP contribution in [-0.2, 0) is 6.54 Å². The summed E-state index contributed by atoms with van der Waals surface area (Å²) in [6.07, 6.45) is 5.24. The Morgan fingerprint density at radius 2 is 1.68 bits per heavy atom. The van der Waals surface area contributed by atoms with Crippen LogP contribution in [-0.4, -0.2) is 67.2 Å². The zero-order valence-corrected chi connectivity index (χ0v) is 19.5. The first-order valence-electron chi connectivity index (χ1n) is 12.5. The highest BCUT2D eigenvalue weighted by atomic mass is 15.6. The lowest BCUT2D eigenvalue weighted by Crippen LogP contribution is -2.42. The van der Waals surface area contributed by atoms with E-state index in [0.29, 0.717) is 6.54 Å². The lowest BCUT2D eigenvalue weighted by molar-refractivity contribution is 0.127. The van der Waals surface area contributed by atoms with E-state index < -0.39 is 0 Å². The first-order valence-corrected chi connectivity index (χ1v) is 12.5. The van der Waals surface area contributed by atoms with Crippen molar-refractivity contribution in [2.24, 2.45) is 0 Å². The van der Waals surface area contributed by atoms with Crippen LogP contribution < -0.4 is 0 Å². The molecule has 2 aliphatic rings. The van der Waals surface area contributed by atoms with Gasteiger partial charge in [0.15, 0.2) is 5.82 Å².